The second kappa shape index (κ2) is 24.0. The van der Waals surface area contributed by atoms with Gasteiger partial charge < -0.3 is 0 Å². The van der Waals surface area contributed by atoms with Gasteiger partial charge in [0.25, 0.3) is 0 Å². The number of hydrogen-bond donors (Lipinski definition) is 0. The molecule has 0 aromatic heterocycles. The van der Waals surface area contributed by atoms with Crippen molar-refractivity contribution in [2.75, 3.05) is 0 Å². The van der Waals surface area contributed by atoms with E-state index in [4.69, 9.17) is 0 Å². The minimum Gasteiger partial charge on any atom is -0.200 e. The van der Waals surface area contributed by atoms with Gasteiger partial charge in [-0.25, -0.2) is 0 Å². The fourth-order valence-electron chi connectivity index (χ4n) is 8.35. The van der Waals surface area contributed by atoms with Gasteiger partial charge in [0.05, 0.1) is 24.2 Å². The van der Waals surface area contributed by atoms with Crippen LogP contribution in [0.1, 0.15) is 19.3 Å². The third kappa shape index (κ3) is 13.5. The second-order valence-corrected chi connectivity index (χ2v) is 39.4. The SMILES string of the molecule is C[Si](C)(CCC(F)(F)C(F)(F)C(F)(F)C(F)(F)C(F)(F)C(F)(F)F)c1ccc(P(c2ccc([Si](C)(C)CCC(F)(F)C(F)(F)C(F)(F)C(F)(F)C(F)(F)C(F)(F)F)cc2)c2ccc([Si](C)(C)CCC(F)(F)C(F)(F)C(F)(F)C(F)(F)C(F)(F)C(F)(F)F)cc2)cc1. The van der Waals surface area contributed by atoms with Gasteiger partial charge in [0.15, 0.2) is 0 Å². The summed E-state index contributed by atoms with van der Waals surface area (Å²) in [5.74, 6) is -115. The fourth-order valence-corrected chi connectivity index (χ4v) is 17.5. The lowest BCUT2D eigenvalue weighted by Crippen LogP contribution is -2.70. The fraction of sp³-hybridized carbons (Fsp3) is 0.625. The molecule has 0 radical (unpaired) electrons. The number of rotatable bonds is 27. The van der Waals surface area contributed by atoms with Crippen LogP contribution in [0.4, 0.5) is 171 Å². The molecule has 0 atom stereocenters. The largest absolute Gasteiger partial charge is 0.460 e. The number of benzene rings is 3. The molecule has 0 saturated heterocycles. The minimum atomic E-state index is -8.21. The molecule has 0 nitrogen and oxygen atoms in total. The smallest absolute Gasteiger partial charge is 0.200 e. The van der Waals surface area contributed by atoms with Crippen LogP contribution in [0, 0.1) is 0 Å². The van der Waals surface area contributed by atoms with Crippen molar-refractivity contribution >= 4 is 63.6 Å². The molecule has 43 heteroatoms. The predicted molar refractivity (Wildman–Crippen MR) is 257 cm³/mol. The summed E-state index contributed by atoms with van der Waals surface area (Å²) in [4.78, 5) is 0. The highest BCUT2D eigenvalue weighted by Crippen LogP contribution is 2.64. The Kier molecular flexibility index (Phi) is 21.4. The van der Waals surface area contributed by atoms with E-state index < -0.39 is 177 Å². The lowest BCUT2D eigenvalue weighted by atomic mass is 9.93. The molecule has 0 saturated carbocycles. The highest BCUT2D eigenvalue weighted by molar-refractivity contribution is 7.79. The Morgan fingerprint density at radius 2 is 0.363 bits per heavy atom. The molecule has 91 heavy (non-hydrogen) atoms. The van der Waals surface area contributed by atoms with Crippen molar-refractivity contribution in [2.45, 2.75) is 184 Å². The van der Waals surface area contributed by atoms with Crippen molar-refractivity contribution in [1.82, 2.24) is 0 Å². The van der Waals surface area contributed by atoms with Crippen molar-refractivity contribution in [3.05, 3.63) is 72.8 Å². The highest BCUT2D eigenvalue weighted by Gasteiger charge is 2.93. The number of halogens is 39. The van der Waals surface area contributed by atoms with Crippen LogP contribution in [-0.2, 0) is 0 Å². The molecule has 0 heterocycles. The lowest BCUT2D eigenvalue weighted by molar-refractivity contribution is -0.440. The van der Waals surface area contributed by atoms with E-state index >= 15 is 0 Å². The first-order valence-corrected chi connectivity index (χ1v) is 35.6. The van der Waals surface area contributed by atoms with Gasteiger partial charge >= 0.3 is 107 Å². The van der Waals surface area contributed by atoms with Gasteiger partial charge in [0, 0.05) is 19.3 Å². The zero-order valence-electron chi connectivity index (χ0n) is 45.9. The molecule has 0 unspecified atom stereocenters. The van der Waals surface area contributed by atoms with Gasteiger partial charge in [-0.15, -0.1) is 0 Å². The lowest BCUT2D eigenvalue weighted by Gasteiger charge is -2.40. The van der Waals surface area contributed by atoms with Crippen molar-refractivity contribution in [2.24, 2.45) is 0 Å². The maximum absolute atomic E-state index is 14.9. The van der Waals surface area contributed by atoms with E-state index in [1.54, 1.807) is 0 Å². The van der Waals surface area contributed by atoms with Crippen molar-refractivity contribution in [1.29, 1.82) is 0 Å². The van der Waals surface area contributed by atoms with E-state index in [2.05, 4.69) is 0 Å². The Hall–Kier alpha value is -3.99. The zero-order chi connectivity index (χ0) is 72.3. The van der Waals surface area contributed by atoms with Gasteiger partial charge in [0.1, 0.15) is 0 Å². The molecule has 524 valence electrons. The third-order valence-electron chi connectivity index (χ3n) is 14.9. The summed E-state index contributed by atoms with van der Waals surface area (Å²) in [5, 5.41) is -0.581. The normalized spacial score (nSPS) is 15.9. The minimum absolute atomic E-state index is 0.0206. The van der Waals surface area contributed by atoms with Crippen LogP contribution in [0.2, 0.25) is 57.4 Å². The van der Waals surface area contributed by atoms with E-state index in [-0.39, 0.29) is 31.5 Å². The van der Waals surface area contributed by atoms with E-state index in [0.29, 0.717) is 0 Å². The Balaban J connectivity index is 2.16. The Morgan fingerprint density at radius 1 is 0.220 bits per heavy atom. The second-order valence-electron chi connectivity index (χ2n) is 22.6. The first kappa shape index (κ1) is 81.2. The number of hydrogen-bond acceptors (Lipinski definition) is 0. The molecule has 0 aliphatic carbocycles. The van der Waals surface area contributed by atoms with Crippen molar-refractivity contribution in [3.63, 3.8) is 0 Å². The molecule has 0 aliphatic rings. The molecule has 0 spiro atoms. The Bertz CT molecular complexity index is 2660. The van der Waals surface area contributed by atoms with E-state index in [0.717, 1.165) is 112 Å². The maximum Gasteiger partial charge on any atom is 0.460 e. The van der Waals surface area contributed by atoms with Crippen molar-refractivity contribution in [3.8, 4) is 0 Å². The standard InChI is InChI=1S/C48H42F39PSi3/c1-89(2,22-19-31(49,50)34(55,56)37(61,62)40(67,68)43(73,74)46(79,80)81)28-13-7-25(8-14-28)88(26-9-15-29(16-10-26)90(3,4)23-20-32(51,52)35(57,58)38(63,64)41(69,70)44(75,76)47(82,83)84)27-11-17-30(18-12-27)91(5,6)24-21-33(53,54)36(59,60)39(65,66)42(71,72)45(77,78)48(85,86)87/h7-18H,19-24H2,1-6H3. The molecule has 0 N–H and O–H groups in total. The van der Waals surface area contributed by atoms with Crippen LogP contribution in [0.5, 0.6) is 0 Å². The van der Waals surface area contributed by atoms with Gasteiger partial charge in [-0.2, -0.15) is 171 Å². The van der Waals surface area contributed by atoms with Crippen LogP contribution in [0.25, 0.3) is 0 Å². The summed E-state index contributed by atoms with van der Waals surface area (Å²) in [7, 11) is -14.1. The molecule has 3 rings (SSSR count). The molecule has 0 bridgehead atoms. The van der Waals surface area contributed by atoms with Gasteiger partial charge in [-0.3, -0.25) is 0 Å². The molecule has 0 aliphatic heterocycles. The maximum atomic E-state index is 14.9. The quantitative estimate of drug-likeness (QED) is 0.0405. The molecule has 0 amide bonds. The Morgan fingerprint density at radius 3 is 0.505 bits per heavy atom. The summed E-state index contributed by atoms with van der Waals surface area (Å²) in [6.07, 6.45) is -30.9. The summed E-state index contributed by atoms with van der Waals surface area (Å²) in [6.45, 7) is 6.04. The number of alkyl halides is 39. The topological polar surface area (TPSA) is 0 Å². The van der Waals surface area contributed by atoms with Crippen molar-refractivity contribution < 1.29 is 171 Å². The first-order valence-electron chi connectivity index (χ1n) is 24.6. The molecule has 3 aromatic carbocycles. The summed E-state index contributed by atoms with van der Waals surface area (Å²) in [5.41, 5.74) is 0. The van der Waals surface area contributed by atoms with Crippen LogP contribution in [0.15, 0.2) is 72.8 Å². The predicted octanol–water partition coefficient (Wildman–Crippen LogP) is 18.6. The molecule has 0 fully saturated rings. The van der Waals surface area contributed by atoms with Crippen LogP contribution >= 0.6 is 7.92 Å². The van der Waals surface area contributed by atoms with Gasteiger partial charge in [-0.1, -0.05) is 128 Å². The molecular formula is C48H42F39PSi3. The highest BCUT2D eigenvalue weighted by atomic mass is 31.1. The van der Waals surface area contributed by atoms with Gasteiger partial charge in [-0.05, 0) is 42.0 Å². The van der Waals surface area contributed by atoms with E-state index in [1.807, 2.05) is 0 Å². The average molecular weight is 1480 g/mol. The molecular weight excluding hydrogens is 1430 g/mol. The molecule has 3 aromatic rings. The van der Waals surface area contributed by atoms with Gasteiger partial charge in [0.2, 0.25) is 0 Å². The van der Waals surface area contributed by atoms with E-state index in [1.165, 1.54) is 0 Å². The first-order chi connectivity index (χ1) is 39.6. The summed E-state index contributed by atoms with van der Waals surface area (Å²) >= 11 is 0. The van der Waals surface area contributed by atoms with Crippen LogP contribution in [-0.4, -0.2) is 132 Å². The monoisotopic (exact) mass is 1470 g/mol. The summed E-state index contributed by atoms with van der Waals surface area (Å²) < 4.78 is 540. The van der Waals surface area contributed by atoms with E-state index in [9.17, 15) is 171 Å². The zero-order valence-corrected chi connectivity index (χ0v) is 49.8. The third-order valence-corrected chi connectivity index (χ3v) is 27.5. The Labute approximate surface area is 491 Å². The summed E-state index contributed by atoms with van der Waals surface area (Å²) in [6, 6.07) is 8.14. The average Bonchev–Trinajstić information content (AvgIpc) is 0.728. The van der Waals surface area contributed by atoms with Crippen LogP contribution in [0.3, 0.4) is 0 Å². The van der Waals surface area contributed by atoms with Crippen LogP contribution < -0.4 is 31.5 Å².